The Morgan fingerprint density at radius 1 is 1.21 bits per heavy atom. The number of nitrogens with one attached hydrogen (secondary N) is 2. The molecule has 2 aromatic carbocycles. The van der Waals surface area contributed by atoms with Crippen LogP contribution in [0.3, 0.4) is 0 Å². The number of ether oxygens (including phenoxy) is 1. The molecule has 0 aliphatic carbocycles. The van der Waals surface area contributed by atoms with Crippen LogP contribution in [0.1, 0.15) is 18.5 Å². The van der Waals surface area contributed by atoms with Crippen LogP contribution in [-0.4, -0.2) is 28.2 Å². The van der Waals surface area contributed by atoms with Gasteiger partial charge in [0, 0.05) is 5.02 Å². The topological polar surface area (TPSA) is 85.2 Å². The number of carbonyl (C=O) groups is 2. The van der Waals surface area contributed by atoms with Crippen LogP contribution in [-0.2, 0) is 16.1 Å². The van der Waals surface area contributed by atoms with Crippen molar-refractivity contribution < 1.29 is 14.3 Å². The zero-order valence-corrected chi connectivity index (χ0v) is 16.4. The van der Waals surface area contributed by atoms with E-state index < -0.39 is 18.0 Å². The average Bonchev–Trinajstić information content (AvgIpc) is 3.11. The van der Waals surface area contributed by atoms with Gasteiger partial charge >= 0.3 is 12.0 Å². The van der Waals surface area contributed by atoms with Crippen LogP contribution in [0, 0.1) is 0 Å². The van der Waals surface area contributed by atoms with Gasteiger partial charge in [0.05, 0.1) is 47.8 Å². The summed E-state index contributed by atoms with van der Waals surface area (Å²) in [7, 11) is 0. The maximum absolute atomic E-state index is 12.8. The third-order valence-corrected chi connectivity index (χ3v) is 4.96. The van der Waals surface area contributed by atoms with Gasteiger partial charge in [-0.2, -0.15) is 0 Å². The molecule has 0 radical (unpaired) electrons. The maximum atomic E-state index is 12.8. The molecule has 2 heterocycles. The Morgan fingerprint density at radius 2 is 1.97 bits per heavy atom. The number of hydrogen-bond donors (Lipinski definition) is 2. The number of fused-ring (bicyclic) bond motifs is 1. The highest BCUT2D eigenvalue weighted by Gasteiger charge is 2.33. The summed E-state index contributed by atoms with van der Waals surface area (Å²) in [6, 6.07) is 13.6. The molecule has 29 heavy (non-hydrogen) atoms. The van der Waals surface area contributed by atoms with Crippen LogP contribution in [0.15, 0.2) is 66.1 Å². The highest BCUT2D eigenvalue weighted by atomic mass is 35.5. The molecule has 3 aromatic rings. The number of carbonyl (C=O) groups excluding carboxylic acids is 2. The Kier molecular flexibility index (Phi) is 5.22. The molecule has 1 atom stereocenters. The highest BCUT2D eigenvalue weighted by molar-refractivity contribution is 6.30. The van der Waals surface area contributed by atoms with Crippen LogP contribution in [0.5, 0.6) is 0 Å². The molecule has 0 bridgehead atoms. The van der Waals surface area contributed by atoms with E-state index in [-0.39, 0.29) is 13.2 Å². The Morgan fingerprint density at radius 3 is 2.72 bits per heavy atom. The van der Waals surface area contributed by atoms with E-state index in [1.807, 2.05) is 28.8 Å². The van der Waals surface area contributed by atoms with E-state index >= 15 is 0 Å². The van der Waals surface area contributed by atoms with E-state index in [2.05, 4.69) is 15.6 Å². The second-order valence-electron chi connectivity index (χ2n) is 6.56. The van der Waals surface area contributed by atoms with E-state index in [4.69, 9.17) is 16.3 Å². The fourth-order valence-electron chi connectivity index (χ4n) is 3.40. The number of hydrogen-bond acceptors (Lipinski definition) is 4. The van der Waals surface area contributed by atoms with Crippen molar-refractivity contribution in [3.05, 3.63) is 76.7 Å². The number of amides is 2. The number of urea groups is 1. The quantitative estimate of drug-likeness (QED) is 0.630. The van der Waals surface area contributed by atoms with Gasteiger partial charge in [-0.05, 0) is 36.8 Å². The highest BCUT2D eigenvalue weighted by Crippen LogP contribution is 2.29. The molecule has 2 N–H and O–H groups in total. The predicted molar refractivity (Wildman–Crippen MR) is 109 cm³/mol. The van der Waals surface area contributed by atoms with Crippen molar-refractivity contribution in [3.63, 3.8) is 0 Å². The smallest absolute Gasteiger partial charge is 0.338 e. The van der Waals surface area contributed by atoms with Gasteiger partial charge in [0.15, 0.2) is 0 Å². The third-order valence-electron chi connectivity index (χ3n) is 4.71. The number of rotatable bonds is 5. The van der Waals surface area contributed by atoms with E-state index in [0.29, 0.717) is 16.3 Å². The van der Waals surface area contributed by atoms with Crippen LogP contribution >= 0.6 is 11.6 Å². The minimum Gasteiger partial charge on any atom is -0.463 e. The number of para-hydroxylation sites is 2. The molecule has 0 spiro atoms. The molecule has 2 amide bonds. The number of halogens is 1. The van der Waals surface area contributed by atoms with Crippen molar-refractivity contribution in [2.24, 2.45) is 0 Å². The van der Waals surface area contributed by atoms with Crippen molar-refractivity contribution in [2.45, 2.75) is 19.5 Å². The molecule has 0 fully saturated rings. The number of esters is 1. The maximum Gasteiger partial charge on any atom is 0.338 e. The summed E-state index contributed by atoms with van der Waals surface area (Å²) in [6.45, 7) is 2.24. The van der Waals surface area contributed by atoms with Crippen LogP contribution in [0.2, 0.25) is 5.02 Å². The monoisotopic (exact) mass is 410 g/mol. The predicted octanol–water partition coefficient (Wildman–Crippen LogP) is 3.56. The number of benzene rings is 2. The van der Waals surface area contributed by atoms with Crippen LogP contribution < -0.4 is 10.6 Å². The first-order valence-corrected chi connectivity index (χ1v) is 9.57. The zero-order chi connectivity index (χ0) is 20.4. The Bertz CT molecular complexity index is 1100. The normalized spacial score (nSPS) is 16.5. The molecular formula is C21H19ClN4O3. The van der Waals surface area contributed by atoms with E-state index in [1.54, 1.807) is 37.5 Å². The minimum atomic E-state index is -0.648. The van der Waals surface area contributed by atoms with Crippen LogP contribution in [0.4, 0.5) is 4.79 Å². The summed E-state index contributed by atoms with van der Waals surface area (Å²) >= 11 is 5.99. The number of aromatic nitrogens is 2. The van der Waals surface area contributed by atoms with Crippen molar-refractivity contribution in [2.75, 3.05) is 6.61 Å². The molecule has 1 aromatic heterocycles. The third kappa shape index (κ3) is 3.82. The second-order valence-corrected chi connectivity index (χ2v) is 6.99. The van der Waals surface area contributed by atoms with E-state index in [0.717, 1.165) is 16.6 Å². The largest absolute Gasteiger partial charge is 0.463 e. The van der Waals surface area contributed by atoms with Gasteiger partial charge in [0.1, 0.15) is 0 Å². The zero-order valence-electron chi connectivity index (χ0n) is 15.7. The van der Waals surface area contributed by atoms with Gasteiger partial charge in [-0.15, -0.1) is 0 Å². The van der Waals surface area contributed by atoms with E-state index in [9.17, 15) is 9.59 Å². The lowest BCUT2D eigenvalue weighted by molar-refractivity contribution is -0.139. The van der Waals surface area contributed by atoms with Crippen molar-refractivity contribution in [3.8, 4) is 0 Å². The molecule has 1 aliphatic heterocycles. The van der Waals surface area contributed by atoms with Gasteiger partial charge in [-0.1, -0.05) is 35.9 Å². The average molecular weight is 411 g/mol. The van der Waals surface area contributed by atoms with Gasteiger partial charge in [0.2, 0.25) is 0 Å². The fraction of sp³-hybridized carbons (Fsp3) is 0.190. The first-order valence-electron chi connectivity index (χ1n) is 9.20. The number of allylic oxidation sites excluding steroid dienone is 1. The summed E-state index contributed by atoms with van der Waals surface area (Å²) in [6.07, 6.45) is 1.69. The molecule has 148 valence electrons. The van der Waals surface area contributed by atoms with E-state index in [1.165, 1.54) is 0 Å². The Balaban J connectivity index is 1.80. The van der Waals surface area contributed by atoms with Crippen molar-refractivity contribution >= 4 is 34.6 Å². The minimum absolute atomic E-state index is 0.227. The number of nitrogens with zero attached hydrogens (tertiary/aromatic N) is 2. The van der Waals surface area contributed by atoms with Gasteiger partial charge in [-0.3, -0.25) is 0 Å². The molecule has 0 unspecified atom stereocenters. The molecule has 0 saturated heterocycles. The first kappa shape index (κ1) is 19.0. The summed E-state index contributed by atoms with van der Waals surface area (Å²) in [5, 5.41) is 6.16. The summed E-state index contributed by atoms with van der Waals surface area (Å²) in [5.74, 6) is -0.487. The lowest BCUT2D eigenvalue weighted by Crippen LogP contribution is -2.46. The molecule has 8 heteroatoms. The van der Waals surface area contributed by atoms with Crippen molar-refractivity contribution in [1.29, 1.82) is 0 Å². The second kappa shape index (κ2) is 7.97. The molecule has 0 saturated carbocycles. The van der Waals surface area contributed by atoms with Gasteiger partial charge in [0.25, 0.3) is 0 Å². The molecule has 4 rings (SSSR count). The van der Waals surface area contributed by atoms with Gasteiger partial charge < -0.3 is 19.9 Å². The summed E-state index contributed by atoms with van der Waals surface area (Å²) in [4.78, 5) is 29.6. The summed E-state index contributed by atoms with van der Waals surface area (Å²) < 4.78 is 7.17. The van der Waals surface area contributed by atoms with Gasteiger partial charge in [-0.25, -0.2) is 14.6 Å². The standard InChI is InChI=1S/C21H19ClN4O3/c1-2-29-20(27)18-16(11-26-12-23-15-5-3-4-6-17(15)26)24-21(28)25-19(18)13-7-9-14(22)10-8-13/h3-10,12,19H,2,11H2,1H3,(H2,24,25,28)/t19-/m1/s1. The number of imidazole rings is 1. The molecule has 7 nitrogen and oxygen atoms in total. The molecular weight excluding hydrogens is 392 g/mol. The lowest BCUT2D eigenvalue weighted by Gasteiger charge is -2.29. The molecule has 1 aliphatic rings. The summed E-state index contributed by atoms with van der Waals surface area (Å²) in [5.41, 5.74) is 3.29. The lowest BCUT2D eigenvalue weighted by atomic mass is 9.95. The van der Waals surface area contributed by atoms with Crippen LogP contribution in [0.25, 0.3) is 11.0 Å². The Labute approximate surface area is 172 Å². The first-order chi connectivity index (χ1) is 14.1. The Hall–Kier alpha value is -3.32. The fourth-order valence-corrected chi connectivity index (χ4v) is 3.53. The SMILES string of the molecule is CCOC(=O)C1=C(Cn2cnc3ccccc32)NC(=O)N[C@@H]1c1ccc(Cl)cc1. The van der Waals surface area contributed by atoms with Crippen molar-refractivity contribution in [1.82, 2.24) is 20.2 Å².